The molecule has 1 N–H and O–H groups in total. The molecule has 0 fully saturated rings. The van der Waals surface area contributed by atoms with Gasteiger partial charge in [0.25, 0.3) is 0 Å². The maximum absolute atomic E-state index is 7.61. The van der Waals surface area contributed by atoms with E-state index >= 15 is 0 Å². The molecule has 1 aromatic heterocycles. The Bertz CT molecular complexity index is 282. The van der Waals surface area contributed by atoms with E-state index in [1.807, 2.05) is 14.1 Å². The number of nitrogens with one attached hydrogen (secondary N) is 1. The maximum atomic E-state index is 7.61. The quantitative estimate of drug-likeness (QED) is 0.553. The van der Waals surface area contributed by atoms with Crippen LogP contribution >= 0.6 is 11.5 Å². The van der Waals surface area contributed by atoms with Crippen LogP contribution in [0.25, 0.3) is 0 Å². The first kappa shape index (κ1) is 8.99. The Kier molecular flexibility index (Phi) is 2.65. The number of amidine groups is 1. The summed E-state index contributed by atoms with van der Waals surface area (Å²) < 4.78 is 8.90. The molecular weight excluding hydrogens is 174 g/mol. The lowest BCUT2D eigenvalue weighted by molar-refractivity contribution is 0.402. The summed E-state index contributed by atoms with van der Waals surface area (Å²) in [6.07, 6.45) is 0. The van der Waals surface area contributed by atoms with E-state index in [0.29, 0.717) is 11.7 Å². The molecule has 0 amide bonds. The summed E-state index contributed by atoms with van der Waals surface area (Å²) >= 11 is 1.27. The third-order valence-electron chi connectivity index (χ3n) is 1.38. The predicted molar refractivity (Wildman–Crippen MR) is 49.2 cm³/mol. The van der Waals surface area contributed by atoms with E-state index in [1.165, 1.54) is 11.5 Å². The fraction of sp³-hybridized carbons (Fsp3) is 0.429. The molecule has 12 heavy (non-hydrogen) atoms. The van der Waals surface area contributed by atoms with Crippen LogP contribution in [0.1, 0.15) is 4.88 Å². The molecule has 0 aromatic carbocycles. The van der Waals surface area contributed by atoms with Crippen LogP contribution in [0.3, 0.4) is 0 Å². The summed E-state index contributed by atoms with van der Waals surface area (Å²) in [6, 6.07) is 1.76. The summed E-state index contributed by atoms with van der Waals surface area (Å²) in [5.41, 5.74) is 0. The van der Waals surface area contributed by atoms with Crippen LogP contribution in [0, 0.1) is 5.41 Å². The summed E-state index contributed by atoms with van der Waals surface area (Å²) in [6.45, 7) is 0. The number of rotatable bonds is 2. The van der Waals surface area contributed by atoms with E-state index in [4.69, 9.17) is 10.1 Å². The zero-order chi connectivity index (χ0) is 9.14. The van der Waals surface area contributed by atoms with E-state index < -0.39 is 0 Å². The van der Waals surface area contributed by atoms with Crippen molar-refractivity contribution in [1.82, 2.24) is 9.27 Å². The zero-order valence-electron chi connectivity index (χ0n) is 7.29. The van der Waals surface area contributed by atoms with Crippen molar-refractivity contribution in [1.29, 1.82) is 5.41 Å². The highest BCUT2D eigenvalue weighted by Gasteiger charge is 2.08. The number of hydrogen-bond acceptors (Lipinski definition) is 4. The molecule has 1 aromatic rings. The third kappa shape index (κ3) is 1.73. The lowest BCUT2D eigenvalue weighted by Crippen LogP contribution is -2.20. The summed E-state index contributed by atoms with van der Waals surface area (Å²) in [5.74, 6) is 1.03. The van der Waals surface area contributed by atoms with Gasteiger partial charge in [0.2, 0.25) is 5.88 Å². The molecular formula is C7H11N3OS. The maximum Gasteiger partial charge on any atom is 0.225 e. The zero-order valence-corrected chi connectivity index (χ0v) is 8.10. The van der Waals surface area contributed by atoms with Gasteiger partial charge in [0.05, 0.1) is 12.0 Å². The first-order chi connectivity index (χ1) is 5.65. The molecule has 0 aliphatic heterocycles. The highest BCUT2D eigenvalue weighted by atomic mass is 32.1. The molecule has 66 valence electrons. The fourth-order valence-electron chi connectivity index (χ4n) is 0.687. The van der Waals surface area contributed by atoms with Crippen molar-refractivity contribution in [2.45, 2.75) is 0 Å². The van der Waals surface area contributed by atoms with Crippen LogP contribution in [-0.2, 0) is 0 Å². The Balaban J connectivity index is 2.82. The molecule has 0 bridgehead atoms. The van der Waals surface area contributed by atoms with Crippen molar-refractivity contribution in [2.24, 2.45) is 0 Å². The van der Waals surface area contributed by atoms with Gasteiger partial charge in [-0.2, -0.15) is 4.37 Å². The van der Waals surface area contributed by atoms with Crippen LogP contribution < -0.4 is 4.74 Å². The van der Waals surface area contributed by atoms with Gasteiger partial charge in [0.15, 0.2) is 0 Å². The van der Waals surface area contributed by atoms with E-state index in [0.717, 1.165) is 4.88 Å². The first-order valence-corrected chi connectivity index (χ1v) is 4.19. The van der Waals surface area contributed by atoms with Crippen LogP contribution in [-0.4, -0.2) is 36.3 Å². The van der Waals surface area contributed by atoms with E-state index in [-0.39, 0.29) is 0 Å². The standard InChI is InChI=1S/C7H11N3OS/c1-10(2)7(8)5-4-6(11-3)9-12-5/h4,8H,1-3H3. The molecule has 4 nitrogen and oxygen atoms in total. The molecule has 0 saturated heterocycles. The molecule has 0 atom stereocenters. The summed E-state index contributed by atoms with van der Waals surface area (Å²) in [7, 11) is 5.22. The largest absolute Gasteiger partial charge is 0.480 e. The normalized spacial score (nSPS) is 9.58. The Morgan fingerprint density at radius 1 is 1.67 bits per heavy atom. The monoisotopic (exact) mass is 185 g/mol. The number of nitrogens with zero attached hydrogens (tertiary/aromatic N) is 2. The Morgan fingerprint density at radius 2 is 2.33 bits per heavy atom. The summed E-state index contributed by atoms with van der Waals surface area (Å²) in [4.78, 5) is 2.55. The Hall–Kier alpha value is -1.10. The van der Waals surface area contributed by atoms with Gasteiger partial charge >= 0.3 is 0 Å². The first-order valence-electron chi connectivity index (χ1n) is 3.42. The minimum atomic E-state index is 0.454. The van der Waals surface area contributed by atoms with Crippen LogP contribution in [0.15, 0.2) is 6.07 Å². The fourth-order valence-corrected chi connectivity index (χ4v) is 1.43. The Morgan fingerprint density at radius 3 is 2.75 bits per heavy atom. The van der Waals surface area contributed by atoms with Crippen LogP contribution in [0.5, 0.6) is 5.88 Å². The van der Waals surface area contributed by atoms with E-state index in [1.54, 1.807) is 18.1 Å². The topological polar surface area (TPSA) is 49.2 Å². The van der Waals surface area contributed by atoms with Gasteiger partial charge in [0, 0.05) is 20.2 Å². The highest BCUT2D eigenvalue weighted by molar-refractivity contribution is 7.08. The molecule has 5 heteroatoms. The van der Waals surface area contributed by atoms with Crippen molar-refractivity contribution >= 4 is 17.4 Å². The minimum Gasteiger partial charge on any atom is -0.480 e. The van der Waals surface area contributed by atoms with Crippen molar-refractivity contribution in [2.75, 3.05) is 21.2 Å². The molecule has 0 unspecified atom stereocenters. The predicted octanol–water partition coefficient (Wildman–Crippen LogP) is 1.04. The molecule has 0 aliphatic carbocycles. The highest BCUT2D eigenvalue weighted by Crippen LogP contribution is 2.16. The summed E-state index contributed by atoms with van der Waals surface area (Å²) in [5, 5.41) is 7.61. The van der Waals surface area contributed by atoms with Gasteiger partial charge in [-0.25, -0.2) is 0 Å². The van der Waals surface area contributed by atoms with Gasteiger partial charge in [-0.3, -0.25) is 5.41 Å². The second-order valence-corrected chi connectivity index (χ2v) is 3.28. The lowest BCUT2D eigenvalue weighted by atomic mass is 10.4. The number of aromatic nitrogens is 1. The van der Waals surface area contributed by atoms with E-state index in [9.17, 15) is 0 Å². The molecule has 0 radical (unpaired) electrons. The van der Waals surface area contributed by atoms with Gasteiger partial charge in [-0.1, -0.05) is 0 Å². The second-order valence-electron chi connectivity index (χ2n) is 2.48. The molecule has 0 saturated carbocycles. The molecule has 0 aliphatic rings. The molecule has 0 spiro atoms. The number of methoxy groups -OCH3 is 1. The van der Waals surface area contributed by atoms with Gasteiger partial charge < -0.3 is 9.64 Å². The van der Waals surface area contributed by atoms with E-state index in [2.05, 4.69) is 4.37 Å². The van der Waals surface area contributed by atoms with Crippen LogP contribution in [0.2, 0.25) is 0 Å². The Labute approximate surface area is 75.5 Å². The van der Waals surface area contributed by atoms with Crippen molar-refractivity contribution in [3.8, 4) is 5.88 Å². The van der Waals surface area contributed by atoms with Gasteiger partial charge in [-0.15, -0.1) is 0 Å². The van der Waals surface area contributed by atoms with Crippen molar-refractivity contribution in [3.63, 3.8) is 0 Å². The van der Waals surface area contributed by atoms with Gasteiger partial charge in [-0.05, 0) is 11.5 Å². The molecule has 1 heterocycles. The number of ether oxygens (including phenoxy) is 1. The van der Waals surface area contributed by atoms with Gasteiger partial charge in [0.1, 0.15) is 5.84 Å². The van der Waals surface area contributed by atoms with Crippen molar-refractivity contribution in [3.05, 3.63) is 10.9 Å². The van der Waals surface area contributed by atoms with Crippen molar-refractivity contribution < 1.29 is 4.74 Å². The smallest absolute Gasteiger partial charge is 0.225 e. The minimum absolute atomic E-state index is 0.454. The third-order valence-corrected chi connectivity index (χ3v) is 2.16. The average Bonchev–Trinajstić information content (AvgIpc) is 2.50. The second kappa shape index (κ2) is 3.53. The molecule has 1 rings (SSSR count). The van der Waals surface area contributed by atoms with Crippen LogP contribution in [0.4, 0.5) is 0 Å². The average molecular weight is 185 g/mol. The number of hydrogen-bond donors (Lipinski definition) is 1. The lowest BCUT2D eigenvalue weighted by Gasteiger charge is -2.10. The SMILES string of the molecule is COc1cc(C(=N)N(C)C)sn1.